The maximum absolute atomic E-state index is 5.15. The van der Waals surface area contributed by atoms with Crippen LogP contribution >= 0.6 is 0 Å². The summed E-state index contributed by atoms with van der Waals surface area (Å²) in [5.74, 6) is 2.57. The molecule has 0 amide bonds. The largest absolute Gasteiger partial charge is 0.385 e. The van der Waals surface area contributed by atoms with Gasteiger partial charge in [0.2, 0.25) is 0 Å². The summed E-state index contributed by atoms with van der Waals surface area (Å²) in [6.45, 7) is 4.87. The van der Waals surface area contributed by atoms with E-state index in [4.69, 9.17) is 9.73 Å². The standard InChI is InChI=1S/C21H32N6O/c1-17-25-26-19(27(17)2)15-23-20(22-13-8-14-28-3)24-16-21(11-7-12-21)18-9-5-4-6-10-18/h4-6,9-10H,7-8,11-16H2,1-3H3,(H2,22,23,24). The first-order valence-electron chi connectivity index (χ1n) is 10.1. The molecule has 1 aromatic heterocycles. The summed E-state index contributed by atoms with van der Waals surface area (Å²) >= 11 is 0. The molecule has 0 atom stereocenters. The van der Waals surface area contributed by atoms with Crippen molar-refractivity contribution in [3.05, 3.63) is 47.5 Å². The first-order valence-corrected chi connectivity index (χ1v) is 10.1. The third kappa shape index (κ3) is 4.90. The Bertz CT molecular complexity index is 766. The van der Waals surface area contributed by atoms with Crippen LogP contribution in [0.3, 0.4) is 0 Å². The highest BCUT2D eigenvalue weighted by Gasteiger charge is 2.38. The molecule has 1 heterocycles. The molecule has 0 aliphatic heterocycles. The van der Waals surface area contributed by atoms with Gasteiger partial charge in [-0.05, 0) is 31.7 Å². The summed E-state index contributed by atoms with van der Waals surface area (Å²) in [5, 5.41) is 15.3. The highest BCUT2D eigenvalue weighted by Crippen LogP contribution is 2.43. The average molecular weight is 385 g/mol. The highest BCUT2D eigenvalue weighted by molar-refractivity contribution is 5.79. The molecule has 0 bridgehead atoms. The molecule has 1 saturated carbocycles. The Morgan fingerprint density at radius 1 is 1.21 bits per heavy atom. The van der Waals surface area contributed by atoms with Crippen LogP contribution < -0.4 is 10.6 Å². The molecule has 3 rings (SSSR count). The van der Waals surface area contributed by atoms with Gasteiger partial charge in [-0.1, -0.05) is 36.8 Å². The molecule has 2 aromatic rings. The average Bonchev–Trinajstić information content (AvgIpc) is 3.00. The Morgan fingerprint density at radius 2 is 2.00 bits per heavy atom. The van der Waals surface area contributed by atoms with E-state index in [1.54, 1.807) is 7.11 Å². The fourth-order valence-electron chi connectivity index (χ4n) is 3.55. The SMILES string of the molecule is COCCCNC(=NCc1nnc(C)n1C)NCC1(c2ccccc2)CCC1. The van der Waals surface area contributed by atoms with E-state index in [2.05, 4.69) is 51.2 Å². The van der Waals surface area contributed by atoms with Crippen LogP contribution in [0.1, 0.15) is 42.9 Å². The zero-order chi connectivity index (χ0) is 19.8. The van der Waals surface area contributed by atoms with E-state index in [9.17, 15) is 0 Å². The molecule has 1 aliphatic carbocycles. The van der Waals surface area contributed by atoms with E-state index < -0.39 is 0 Å². The lowest BCUT2D eigenvalue weighted by molar-refractivity contribution is 0.195. The zero-order valence-electron chi connectivity index (χ0n) is 17.2. The number of nitrogens with one attached hydrogen (secondary N) is 2. The van der Waals surface area contributed by atoms with Gasteiger partial charge in [-0.3, -0.25) is 0 Å². The number of benzene rings is 1. The summed E-state index contributed by atoms with van der Waals surface area (Å²) in [7, 11) is 3.70. The van der Waals surface area contributed by atoms with E-state index in [0.717, 1.165) is 43.7 Å². The minimum Gasteiger partial charge on any atom is -0.385 e. The number of hydrogen-bond donors (Lipinski definition) is 2. The Balaban J connectivity index is 1.66. The molecule has 0 radical (unpaired) electrons. The minimum atomic E-state index is 0.206. The Morgan fingerprint density at radius 3 is 2.61 bits per heavy atom. The van der Waals surface area contributed by atoms with Gasteiger partial charge in [0, 0.05) is 39.3 Å². The van der Waals surface area contributed by atoms with Gasteiger partial charge in [0.05, 0.1) is 0 Å². The number of nitrogens with zero attached hydrogens (tertiary/aromatic N) is 4. The minimum absolute atomic E-state index is 0.206. The lowest BCUT2D eigenvalue weighted by Crippen LogP contribution is -2.49. The molecular weight excluding hydrogens is 352 g/mol. The maximum Gasteiger partial charge on any atom is 0.191 e. The summed E-state index contributed by atoms with van der Waals surface area (Å²) in [5.41, 5.74) is 1.62. The predicted molar refractivity (Wildman–Crippen MR) is 111 cm³/mol. The van der Waals surface area contributed by atoms with Crippen LogP contribution in [-0.4, -0.2) is 47.5 Å². The first kappa shape index (κ1) is 20.3. The second-order valence-corrected chi connectivity index (χ2v) is 7.51. The van der Waals surface area contributed by atoms with Gasteiger partial charge >= 0.3 is 0 Å². The number of hydrogen-bond acceptors (Lipinski definition) is 4. The Hall–Kier alpha value is -2.41. The van der Waals surface area contributed by atoms with Crippen molar-refractivity contribution in [1.29, 1.82) is 0 Å². The zero-order valence-corrected chi connectivity index (χ0v) is 17.2. The number of aryl methyl sites for hydroxylation is 1. The number of guanidine groups is 1. The van der Waals surface area contributed by atoms with Crippen molar-refractivity contribution in [2.75, 3.05) is 26.8 Å². The molecule has 7 heteroatoms. The number of ether oxygens (including phenoxy) is 1. The molecule has 1 fully saturated rings. The molecular formula is C21H32N6O. The van der Waals surface area contributed by atoms with Crippen LogP contribution in [0.15, 0.2) is 35.3 Å². The molecule has 0 saturated heterocycles. The molecule has 152 valence electrons. The van der Waals surface area contributed by atoms with Crippen molar-refractivity contribution in [3.63, 3.8) is 0 Å². The van der Waals surface area contributed by atoms with Crippen LogP contribution in [0.4, 0.5) is 0 Å². The highest BCUT2D eigenvalue weighted by atomic mass is 16.5. The summed E-state index contributed by atoms with van der Waals surface area (Å²) < 4.78 is 7.12. The van der Waals surface area contributed by atoms with Gasteiger partial charge in [0.1, 0.15) is 12.4 Å². The number of aromatic nitrogens is 3. The second kappa shape index (κ2) is 9.68. The van der Waals surface area contributed by atoms with Gasteiger partial charge in [-0.15, -0.1) is 10.2 Å². The third-order valence-electron chi connectivity index (χ3n) is 5.67. The smallest absolute Gasteiger partial charge is 0.191 e. The summed E-state index contributed by atoms with van der Waals surface area (Å²) in [6, 6.07) is 10.8. The van der Waals surface area contributed by atoms with Crippen molar-refractivity contribution < 1.29 is 4.74 Å². The lowest BCUT2D eigenvalue weighted by Gasteiger charge is -2.43. The number of rotatable bonds is 9. The molecule has 1 aromatic carbocycles. The Kier molecular flexibility index (Phi) is 7.03. The van der Waals surface area contributed by atoms with Crippen molar-refractivity contribution in [2.24, 2.45) is 12.0 Å². The van der Waals surface area contributed by atoms with Gasteiger partial charge in [0.15, 0.2) is 11.8 Å². The summed E-state index contributed by atoms with van der Waals surface area (Å²) in [6.07, 6.45) is 4.64. The molecule has 7 nitrogen and oxygen atoms in total. The van der Waals surface area contributed by atoms with Crippen LogP contribution in [0.2, 0.25) is 0 Å². The second-order valence-electron chi connectivity index (χ2n) is 7.51. The van der Waals surface area contributed by atoms with E-state index in [-0.39, 0.29) is 5.41 Å². The van der Waals surface area contributed by atoms with Gasteiger partial charge in [0.25, 0.3) is 0 Å². The van der Waals surface area contributed by atoms with Crippen LogP contribution in [0, 0.1) is 6.92 Å². The topological polar surface area (TPSA) is 76.4 Å². The predicted octanol–water partition coefficient (Wildman–Crippen LogP) is 2.32. The van der Waals surface area contributed by atoms with Gasteiger partial charge < -0.3 is 19.9 Å². The number of aliphatic imine (C=N–C) groups is 1. The normalized spacial score (nSPS) is 15.9. The van der Waals surface area contributed by atoms with E-state index in [0.29, 0.717) is 6.54 Å². The van der Waals surface area contributed by atoms with E-state index >= 15 is 0 Å². The van der Waals surface area contributed by atoms with Crippen molar-refractivity contribution in [1.82, 2.24) is 25.4 Å². The van der Waals surface area contributed by atoms with Crippen LogP contribution in [0.5, 0.6) is 0 Å². The monoisotopic (exact) mass is 384 g/mol. The van der Waals surface area contributed by atoms with Crippen LogP contribution in [-0.2, 0) is 23.7 Å². The maximum atomic E-state index is 5.15. The van der Waals surface area contributed by atoms with Crippen molar-refractivity contribution in [2.45, 2.75) is 44.6 Å². The third-order valence-corrected chi connectivity index (χ3v) is 5.67. The number of methoxy groups -OCH3 is 1. The molecule has 28 heavy (non-hydrogen) atoms. The van der Waals surface area contributed by atoms with Gasteiger partial charge in [-0.2, -0.15) is 0 Å². The fourth-order valence-corrected chi connectivity index (χ4v) is 3.55. The summed E-state index contributed by atoms with van der Waals surface area (Å²) in [4.78, 5) is 4.75. The fraction of sp³-hybridized carbons (Fsp3) is 0.571. The lowest BCUT2D eigenvalue weighted by atomic mass is 9.64. The van der Waals surface area contributed by atoms with Gasteiger partial charge in [-0.25, -0.2) is 4.99 Å². The quantitative estimate of drug-likeness (QED) is 0.394. The molecule has 0 unspecified atom stereocenters. The van der Waals surface area contributed by atoms with Crippen molar-refractivity contribution in [3.8, 4) is 0 Å². The van der Waals surface area contributed by atoms with Crippen molar-refractivity contribution >= 4 is 5.96 Å². The van der Waals surface area contributed by atoms with Crippen LogP contribution in [0.25, 0.3) is 0 Å². The van der Waals surface area contributed by atoms with E-state index in [1.165, 1.54) is 24.8 Å². The van der Waals surface area contributed by atoms with E-state index in [1.807, 2.05) is 18.5 Å². The molecule has 0 spiro atoms. The molecule has 1 aliphatic rings. The Labute approximate surface area is 167 Å². The molecule has 2 N–H and O–H groups in total. The first-order chi connectivity index (χ1) is 13.6.